The molecule has 3 aromatic rings. The minimum Gasteiger partial charge on any atom is -0.334 e. The van der Waals surface area contributed by atoms with Crippen LogP contribution in [0.2, 0.25) is 0 Å². The number of benzene rings is 2. The van der Waals surface area contributed by atoms with Crippen molar-refractivity contribution in [1.82, 2.24) is 10.1 Å². The van der Waals surface area contributed by atoms with Crippen molar-refractivity contribution in [2.24, 2.45) is 0 Å². The number of hydrogen-bond acceptors (Lipinski definition) is 5. The number of anilines is 1. The van der Waals surface area contributed by atoms with Gasteiger partial charge >= 0.3 is 0 Å². The largest absolute Gasteiger partial charge is 0.334 e. The summed E-state index contributed by atoms with van der Waals surface area (Å²) >= 11 is 0. The van der Waals surface area contributed by atoms with E-state index in [9.17, 15) is 8.42 Å². The average Bonchev–Trinajstić information content (AvgIpc) is 2.94. The molecule has 0 fully saturated rings. The van der Waals surface area contributed by atoms with Crippen LogP contribution in [-0.4, -0.2) is 18.6 Å². The molecule has 0 atom stereocenters. The van der Waals surface area contributed by atoms with Gasteiger partial charge in [0, 0.05) is 11.3 Å². The predicted octanol–water partition coefficient (Wildman–Crippen LogP) is 3.15. The van der Waals surface area contributed by atoms with E-state index in [4.69, 9.17) is 4.52 Å². The molecule has 0 saturated heterocycles. The molecule has 0 amide bonds. The maximum Gasteiger partial charge on any atom is 0.262 e. The van der Waals surface area contributed by atoms with Crippen LogP contribution in [0.3, 0.4) is 0 Å². The van der Waals surface area contributed by atoms with Crippen molar-refractivity contribution < 1.29 is 12.9 Å². The van der Waals surface area contributed by atoms with E-state index >= 15 is 0 Å². The average molecular weight is 329 g/mol. The van der Waals surface area contributed by atoms with Gasteiger partial charge in [0.2, 0.25) is 0 Å². The topological polar surface area (TPSA) is 85.1 Å². The van der Waals surface area contributed by atoms with Crippen LogP contribution in [0.25, 0.3) is 11.5 Å². The van der Waals surface area contributed by atoms with E-state index in [0.29, 0.717) is 28.5 Å². The first-order valence-corrected chi connectivity index (χ1v) is 8.43. The standard InChI is InChI=1S/C16H15N3O3S/c1-11-6-3-4-9-15(11)23(20,21)19-14-8-5-7-13(10-14)16-17-12(2)18-22-16/h3-10,19H,1-2H3. The molecule has 0 spiro atoms. The van der Waals surface area contributed by atoms with Crippen LogP contribution in [0.1, 0.15) is 11.4 Å². The molecule has 7 heteroatoms. The molecular formula is C16H15N3O3S. The molecule has 0 unspecified atom stereocenters. The second-order valence-corrected chi connectivity index (χ2v) is 6.75. The zero-order valence-electron chi connectivity index (χ0n) is 12.6. The molecule has 2 aromatic carbocycles. The van der Waals surface area contributed by atoms with Crippen LogP contribution >= 0.6 is 0 Å². The SMILES string of the molecule is Cc1noc(-c2cccc(NS(=O)(=O)c3ccccc3C)c2)n1. The van der Waals surface area contributed by atoms with Crippen LogP contribution in [0.5, 0.6) is 0 Å². The van der Waals surface area contributed by atoms with Crippen LogP contribution in [0.4, 0.5) is 5.69 Å². The van der Waals surface area contributed by atoms with E-state index in [2.05, 4.69) is 14.9 Å². The summed E-state index contributed by atoms with van der Waals surface area (Å²) in [7, 11) is -3.65. The Bertz CT molecular complexity index is 948. The molecular weight excluding hydrogens is 314 g/mol. The van der Waals surface area contributed by atoms with Crippen molar-refractivity contribution >= 4 is 15.7 Å². The molecule has 3 rings (SSSR count). The minimum absolute atomic E-state index is 0.249. The molecule has 0 aliphatic rings. The highest BCUT2D eigenvalue weighted by Crippen LogP contribution is 2.24. The molecule has 6 nitrogen and oxygen atoms in total. The predicted molar refractivity (Wildman–Crippen MR) is 86.5 cm³/mol. The third kappa shape index (κ3) is 3.24. The second-order valence-electron chi connectivity index (χ2n) is 5.10. The zero-order valence-corrected chi connectivity index (χ0v) is 13.5. The Morgan fingerprint density at radius 2 is 1.83 bits per heavy atom. The van der Waals surface area contributed by atoms with Gasteiger partial charge in [0.1, 0.15) is 0 Å². The number of nitrogens with zero attached hydrogens (tertiary/aromatic N) is 2. The lowest BCUT2D eigenvalue weighted by Crippen LogP contribution is -2.14. The van der Waals surface area contributed by atoms with Gasteiger partial charge in [0.05, 0.1) is 4.90 Å². The smallest absolute Gasteiger partial charge is 0.262 e. The maximum atomic E-state index is 12.5. The van der Waals surface area contributed by atoms with Crippen LogP contribution in [0, 0.1) is 13.8 Å². The molecule has 0 bridgehead atoms. The summed E-state index contributed by atoms with van der Waals surface area (Å²) in [4.78, 5) is 4.38. The number of rotatable bonds is 4. The van der Waals surface area contributed by atoms with Crippen LogP contribution in [0.15, 0.2) is 57.9 Å². The van der Waals surface area contributed by atoms with Gasteiger partial charge in [-0.1, -0.05) is 29.4 Å². The van der Waals surface area contributed by atoms with Crippen LogP contribution < -0.4 is 4.72 Å². The molecule has 1 heterocycles. The summed E-state index contributed by atoms with van der Waals surface area (Å²) in [6, 6.07) is 13.6. The van der Waals surface area contributed by atoms with Gasteiger partial charge in [-0.05, 0) is 43.7 Å². The van der Waals surface area contributed by atoms with Gasteiger partial charge in [0.15, 0.2) is 5.82 Å². The Hall–Kier alpha value is -2.67. The molecule has 0 saturated carbocycles. The molecule has 1 N–H and O–H groups in total. The first-order chi connectivity index (χ1) is 11.0. The summed E-state index contributed by atoms with van der Waals surface area (Å²) in [5.74, 6) is 0.866. The normalized spacial score (nSPS) is 11.4. The fraction of sp³-hybridized carbons (Fsp3) is 0.125. The van der Waals surface area contributed by atoms with Gasteiger partial charge in [-0.2, -0.15) is 4.98 Å². The van der Waals surface area contributed by atoms with E-state index in [1.165, 1.54) is 0 Å². The Balaban J connectivity index is 1.93. The molecule has 118 valence electrons. The zero-order chi connectivity index (χ0) is 16.4. The Labute approximate surface area is 134 Å². The monoisotopic (exact) mass is 329 g/mol. The molecule has 0 aliphatic carbocycles. The second kappa shape index (κ2) is 5.85. The van der Waals surface area contributed by atoms with Crippen molar-refractivity contribution in [1.29, 1.82) is 0 Å². The lowest BCUT2D eigenvalue weighted by atomic mass is 10.2. The van der Waals surface area contributed by atoms with E-state index in [0.717, 1.165) is 0 Å². The molecule has 0 radical (unpaired) electrons. The van der Waals surface area contributed by atoms with E-state index in [1.54, 1.807) is 62.4 Å². The lowest BCUT2D eigenvalue weighted by Gasteiger charge is -2.10. The van der Waals surface area contributed by atoms with Gasteiger partial charge < -0.3 is 4.52 Å². The highest BCUT2D eigenvalue weighted by Gasteiger charge is 2.17. The third-order valence-electron chi connectivity index (χ3n) is 3.27. The molecule has 1 aromatic heterocycles. The fourth-order valence-electron chi connectivity index (χ4n) is 2.20. The summed E-state index contributed by atoms with van der Waals surface area (Å²) in [6.45, 7) is 3.48. The summed E-state index contributed by atoms with van der Waals surface area (Å²) in [5, 5.41) is 3.73. The van der Waals surface area contributed by atoms with Gasteiger partial charge in [-0.25, -0.2) is 8.42 Å². The van der Waals surface area contributed by atoms with Gasteiger partial charge in [-0.3, -0.25) is 4.72 Å². The third-order valence-corrected chi connectivity index (χ3v) is 4.81. The number of aryl methyl sites for hydroxylation is 2. The first kappa shape index (κ1) is 15.2. The fourth-order valence-corrected chi connectivity index (χ4v) is 3.49. The molecule has 23 heavy (non-hydrogen) atoms. The minimum atomic E-state index is -3.65. The van der Waals surface area contributed by atoms with Crippen molar-refractivity contribution in [2.45, 2.75) is 18.7 Å². The van der Waals surface area contributed by atoms with Gasteiger partial charge in [0.25, 0.3) is 15.9 Å². The van der Waals surface area contributed by atoms with E-state index < -0.39 is 10.0 Å². The van der Waals surface area contributed by atoms with Gasteiger partial charge in [-0.15, -0.1) is 0 Å². The summed E-state index contributed by atoms with van der Waals surface area (Å²) < 4.78 is 32.7. The van der Waals surface area contributed by atoms with Crippen molar-refractivity contribution in [3.63, 3.8) is 0 Å². The number of nitrogens with one attached hydrogen (secondary N) is 1. The number of hydrogen-bond donors (Lipinski definition) is 1. The Kier molecular flexibility index (Phi) is 3.87. The van der Waals surface area contributed by atoms with E-state index in [1.807, 2.05) is 0 Å². The maximum absolute atomic E-state index is 12.5. The first-order valence-electron chi connectivity index (χ1n) is 6.95. The lowest BCUT2D eigenvalue weighted by molar-refractivity contribution is 0.425. The van der Waals surface area contributed by atoms with Crippen LogP contribution in [-0.2, 0) is 10.0 Å². The highest BCUT2D eigenvalue weighted by atomic mass is 32.2. The van der Waals surface area contributed by atoms with Crippen molar-refractivity contribution in [3.8, 4) is 11.5 Å². The number of sulfonamides is 1. The quantitative estimate of drug-likeness (QED) is 0.794. The summed E-state index contributed by atoms with van der Waals surface area (Å²) in [5.41, 5.74) is 1.76. The Morgan fingerprint density at radius 3 is 2.52 bits per heavy atom. The van der Waals surface area contributed by atoms with Crippen molar-refractivity contribution in [3.05, 3.63) is 59.9 Å². The molecule has 0 aliphatic heterocycles. The summed E-state index contributed by atoms with van der Waals surface area (Å²) in [6.07, 6.45) is 0. The highest BCUT2D eigenvalue weighted by molar-refractivity contribution is 7.92. The number of aromatic nitrogens is 2. The Morgan fingerprint density at radius 1 is 1.04 bits per heavy atom. The van der Waals surface area contributed by atoms with E-state index in [-0.39, 0.29) is 4.90 Å². The van der Waals surface area contributed by atoms with Crippen molar-refractivity contribution in [2.75, 3.05) is 4.72 Å².